The van der Waals surface area contributed by atoms with E-state index in [-0.39, 0.29) is 23.6 Å². The smallest absolute Gasteiger partial charge is 0.253 e. The number of benzene rings is 7. The highest BCUT2D eigenvalue weighted by Gasteiger charge is 2.25. The standard InChI is InChI=1S/C21H24N4O2.C19H17N3O2.C18H17N3O2.C12H13N3O2/c1-24(2)12-4-14-27-16-9-7-15(8-10-16)20-23-18-6-3-5-17-19(18)25(20)13-11-22-21(17)26;1-24-14-8-5-13(6-9-14)7-10-17-21-16-4-2-3-15-18(16)22(17)12-11-20-19(15)23;22-18-14-7-4-8-15-17(14)21(10-9-19-18)16(20-15)12-23-11-13-5-2-1-3-6-13;1-17-7-10-14-9-4-2-3-8-11(9)15(10)6-5-13-12(8)16/h3,5-10H,4,11-14H2,1-2H3,(H,22,26);2-10H,11-12H2,1H3,(H,20,23);1-8H,9-12H2,(H,19,22);2-4H,5-7H2,1H3,(H,13,16)/b;10-7+;;. The first-order valence-corrected chi connectivity index (χ1v) is 30.4. The highest BCUT2D eigenvalue weighted by molar-refractivity contribution is 6.08. The Labute approximate surface area is 525 Å². The number of hydrogen-bond donors (Lipinski definition) is 4. The number of nitrogens with zero attached hydrogens (tertiary/aromatic N) is 9. The van der Waals surface area contributed by atoms with Crippen molar-refractivity contribution in [3.63, 3.8) is 0 Å². The quantitative estimate of drug-likeness (QED) is 0.0703. The molecule has 464 valence electrons. The van der Waals surface area contributed by atoms with Gasteiger partial charge in [0.2, 0.25) is 0 Å². The van der Waals surface area contributed by atoms with E-state index < -0.39 is 0 Å². The molecule has 0 unspecified atom stereocenters. The molecule has 0 saturated carbocycles. The number of carbonyl (C=O) groups excluding carboxylic acids is 4. The molecule has 4 amide bonds. The zero-order valence-electron chi connectivity index (χ0n) is 51.3. The molecular weight excluding hydrogens is 1150 g/mol. The summed E-state index contributed by atoms with van der Waals surface area (Å²) in [5.74, 6) is 5.02. The van der Waals surface area contributed by atoms with Crippen molar-refractivity contribution in [1.82, 2.24) is 64.4 Å². The van der Waals surface area contributed by atoms with Gasteiger partial charge in [0.05, 0.1) is 86.7 Å². The van der Waals surface area contributed by atoms with E-state index in [9.17, 15) is 19.2 Å². The molecule has 4 aliphatic rings. The molecule has 7 aromatic carbocycles. The van der Waals surface area contributed by atoms with Gasteiger partial charge < -0.3 is 63.4 Å². The third-order valence-electron chi connectivity index (χ3n) is 16.0. The van der Waals surface area contributed by atoms with Crippen LogP contribution in [0.4, 0.5) is 0 Å². The fraction of sp³-hybridized carbons (Fsp3) is 0.257. The van der Waals surface area contributed by atoms with E-state index in [1.807, 2.05) is 164 Å². The molecule has 15 rings (SSSR count). The molecule has 0 fully saturated rings. The van der Waals surface area contributed by atoms with Gasteiger partial charge in [-0.05, 0) is 123 Å². The minimum Gasteiger partial charge on any atom is -0.497 e. The summed E-state index contributed by atoms with van der Waals surface area (Å²) in [6, 6.07) is 48.6. The summed E-state index contributed by atoms with van der Waals surface area (Å²) >= 11 is 0. The maximum absolute atomic E-state index is 12.3. The van der Waals surface area contributed by atoms with Gasteiger partial charge in [-0.25, -0.2) is 19.9 Å². The maximum atomic E-state index is 12.3. The number of aromatic nitrogens is 8. The lowest BCUT2D eigenvalue weighted by Crippen LogP contribution is -2.24. The molecule has 91 heavy (non-hydrogen) atoms. The van der Waals surface area contributed by atoms with Gasteiger partial charge in [-0.3, -0.25) is 19.2 Å². The van der Waals surface area contributed by atoms with Crippen LogP contribution in [0.15, 0.2) is 152 Å². The Hall–Kier alpha value is -10.5. The SMILES string of the molecule is CN(C)CCCOc1ccc(-c2nc3cccc4c3n2CCNC4=O)cc1.COCc1nc2cccc3c2n1CCNC3=O.COc1ccc(/C=C/c2nc3cccc4c3n2CCNC4=O)cc1.O=C1NCCn2c(COCc3ccccc3)nc3cccc1c32. The predicted molar refractivity (Wildman–Crippen MR) is 350 cm³/mol. The largest absolute Gasteiger partial charge is 0.497 e. The second kappa shape index (κ2) is 27.9. The summed E-state index contributed by atoms with van der Waals surface area (Å²) in [4.78, 5) is 69.2. The van der Waals surface area contributed by atoms with Crippen molar-refractivity contribution in [2.45, 2.75) is 52.4 Å². The molecule has 4 aliphatic heterocycles. The molecule has 4 aromatic heterocycles. The van der Waals surface area contributed by atoms with E-state index in [4.69, 9.17) is 23.9 Å². The molecule has 11 aromatic rings. The van der Waals surface area contributed by atoms with Gasteiger partial charge >= 0.3 is 0 Å². The van der Waals surface area contributed by atoms with E-state index in [0.29, 0.717) is 94.5 Å². The monoisotopic (exact) mass is 1220 g/mol. The average Bonchev–Trinajstić information content (AvgIpc) is 1.66. The van der Waals surface area contributed by atoms with Gasteiger partial charge in [0.1, 0.15) is 48.0 Å². The molecule has 4 N–H and O–H groups in total. The lowest BCUT2D eigenvalue weighted by atomic mass is 10.1. The van der Waals surface area contributed by atoms with Crippen molar-refractivity contribution in [2.24, 2.45) is 0 Å². The second-order valence-corrected chi connectivity index (χ2v) is 22.3. The van der Waals surface area contributed by atoms with Gasteiger partial charge in [0.15, 0.2) is 0 Å². The second-order valence-electron chi connectivity index (χ2n) is 22.3. The Morgan fingerprint density at radius 2 is 0.945 bits per heavy atom. The van der Waals surface area contributed by atoms with Crippen LogP contribution in [-0.4, -0.2) is 134 Å². The van der Waals surface area contributed by atoms with Crippen LogP contribution in [-0.2, 0) is 55.5 Å². The summed E-state index contributed by atoms with van der Waals surface area (Å²) in [6.07, 6.45) is 5.00. The molecule has 0 radical (unpaired) electrons. The molecule has 21 nitrogen and oxygen atoms in total. The minimum absolute atomic E-state index is 0.0294. The van der Waals surface area contributed by atoms with Crippen molar-refractivity contribution in [2.75, 3.05) is 67.6 Å². The zero-order valence-corrected chi connectivity index (χ0v) is 51.3. The molecule has 0 spiro atoms. The number of carbonyl (C=O) groups is 4. The zero-order chi connectivity index (χ0) is 62.8. The van der Waals surface area contributed by atoms with Crippen LogP contribution < -0.4 is 30.7 Å². The number of amides is 4. The first-order chi connectivity index (χ1) is 44.5. The fourth-order valence-electron chi connectivity index (χ4n) is 11.7. The van der Waals surface area contributed by atoms with Gasteiger partial charge in [-0.1, -0.05) is 72.8 Å². The summed E-state index contributed by atoms with van der Waals surface area (Å²) in [7, 11) is 7.42. The highest BCUT2D eigenvalue weighted by Crippen LogP contribution is 2.31. The van der Waals surface area contributed by atoms with E-state index in [2.05, 4.69) is 73.5 Å². The van der Waals surface area contributed by atoms with Crippen LogP contribution >= 0.6 is 0 Å². The molecule has 0 aliphatic carbocycles. The van der Waals surface area contributed by atoms with Crippen LogP contribution in [0.1, 0.15) is 76.5 Å². The molecule has 8 heterocycles. The van der Waals surface area contributed by atoms with Crippen LogP contribution in [0, 0.1) is 0 Å². The maximum Gasteiger partial charge on any atom is 0.253 e. The Morgan fingerprint density at radius 1 is 0.473 bits per heavy atom. The Bertz CT molecular complexity index is 4470. The Kier molecular flexibility index (Phi) is 18.6. The van der Waals surface area contributed by atoms with E-state index in [1.165, 1.54) is 0 Å². The van der Waals surface area contributed by atoms with Crippen LogP contribution in [0.3, 0.4) is 0 Å². The number of rotatable bonds is 15. The predicted octanol–water partition coefficient (Wildman–Crippen LogP) is 9.16. The molecule has 0 atom stereocenters. The van der Waals surface area contributed by atoms with Crippen molar-refractivity contribution in [1.29, 1.82) is 0 Å². The van der Waals surface area contributed by atoms with Gasteiger partial charge in [-0.2, -0.15) is 0 Å². The third-order valence-corrected chi connectivity index (χ3v) is 16.0. The van der Waals surface area contributed by atoms with Crippen molar-refractivity contribution in [3.8, 4) is 22.9 Å². The number of nitrogens with one attached hydrogen (secondary N) is 4. The third kappa shape index (κ3) is 13.4. The molecule has 21 heteroatoms. The normalized spacial score (nSPS) is 14.0. The Balaban J connectivity index is 0.000000119. The van der Waals surface area contributed by atoms with Crippen LogP contribution in [0.2, 0.25) is 0 Å². The lowest BCUT2D eigenvalue weighted by molar-refractivity contribution is 0.0947. The van der Waals surface area contributed by atoms with Gasteiger partial charge in [0, 0.05) is 71.6 Å². The van der Waals surface area contributed by atoms with Gasteiger partial charge in [-0.15, -0.1) is 0 Å². The van der Waals surface area contributed by atoms with Crippen molar-refractivity contribution >= 4 is 79.9 Å². The van der Waals surface area contributed by atoms with E-state index >= 15 is 0 Å². The number of hydrogen-bond acceptors (Lipinski definition) is 13. The first kappa shape index (κ1) is 60.8. The Morgan fingerprint density at radius 3 is 1.47 bits per heavy atom. The van der Waals surface area contributed by atoms with Crippen LogP contribution in [0.5, 0.6) is 11.5 Å². The highest BCUT2D eigenvalue weighted by atomic mass is 16.5. The molecule has 0 saturated heterocycles. The van der Waals surface area contributed by atoms with Crippen molar-refractivity contribution in [3.05, 3.63) is 203 Å². The summed E-state index contributed by atoms with van der Waals surface area (Å²) in [6.45, 7) is 8.43. The van der Waals surface area contributed by atoms with Crippen LogP contribution in [0.25, 0.3) is 67.7 Å². The average molecular weight is 1220 g/mol. The summed E-state index contributed by atoms with van der Waals surface area (Å²) in [5.41, 5.74) is 13.0. The van der Waals surface area contributed by atoms with E-state index in [0.717, 1.165) is 115 Å². The minimum atomic E-state index is -0.0371. The fourth-order valence-corrected chi connectivity index (χ4v) is 11.7. The summed E-state index contributed by atoms with van der Waals surface area (Å²) < 4.78 is 30.3. The first-order valence-electron chi connectivity index (χ1n) is 30.4. The number of methoxy groups -OCH3 is 2. The summed E-state index contributed by atoms with van der Waals surface area (Å²) in [5, 5.41) is 11.7. The number of para-hydroxylation sites is 4. The molecular formula is C70H71N13O8. The lowest BCUT2D eigenvalue weighted by Gasteiger charge is -2.11. The topological polar surface area (TPSA) is 228 Å². The van der Waals surface area contributed by atoms with Gasteiger partial charge in [0.25, 0.3) is 23.6 Å². The molecule has 0 bridgehead atoms. The van der Waals surface area contributed by atoms with Crippen molar-refractivity contribution < 1.29 is 38.1 Å². The number of ether oxygens (including phenoxy) is 4. The van der Waals surface area contributed by atoms with E-state index in [1.54, 1.807) is 14.2 Å². The number of imidazole rings is 4.